The van der Waals surface area contributed by atoms with Gasteiger partial charge in [0, 0.05) is 30.6 Å². The minimum Gasteiger partial charge on any atom is -0.455 e. The summed E-state index contributed by atoms with van der Waals surface area (Å²) in [7, 11) is 0. The summed E-state index contributed by atoms with van der Waals surface area (Å²) < 4.78 is 11.3. The zero-order valence-corrected chi connectivity index (χ0v) is 14.8. The van der Waals surface area contributed by atoms with E-state index in [-0.39, 0.29) is 11.3 Å². The topological polar surface area (TPSA) is 110 Å². The van der Waals surface area contributed by atoms with Crippen molar-refractivity contribution in [3.05, 3.63) is 22.6 Å². The van der Waals surface area contributed by atoms with Crippen LogP contribution in [0.15, 0.2) is 9.52 Å². The van der Waals surface area contributed by atoms with Crippen LogP contribution in [0.25, 0.3) is 0 Å². The molecule has 8 heteroatoms. The van der Waals surface area contributed by atoms with Crippen LogP contribution in [0.3, 0.4) is 0 Å². The molecule has 0 unspecified atom stereocenters. The summed E-state index contributed by atoms with van der Waals surface area (Å²) in [4.78, 5) is 25.6. The fourth-order valence-corrected chi connectivity index (χ4v) is 3.45. The number of primary amides is 1. The van der Waals surface area contributed by atoms with Crippen molar-refractivity contribution in [3.63, 3.8) is 0 Å². The Balaban J connectivity index is 1.98. The molecule has 1 aliphatic heterocycles. The van der Waals surface area contributed by atoms with E-state index in [1.807, 2.05) is 6.92 Å². The van der Waals surface area contributed by atoms with Gasteiger partial charge in [-0.3, -0.25) is 4.79 Å². The second-order valence-corrected chi connectivity index (χ2v) is 7.31. The van der Waals surface area contributed by atoms with Gasteiger partial charge < -0.3 is 19.8 Å². The van der Waals surface area contributed by atoms with E-state index >= 15 is 0 Å². The van der Waals surface area contributed by atoms with Gasteiger partial charge in [-0.15, -0.1) is 0 Å². The van der Waals surface area contributed by atoms with Crippen molar-refractivity contribution in [2.24, 2.45) is 16.3 Å². The summed E-state index contributed by atoms with van der Waals surface area (Å²) in [6.45, 7) is 8.22. The van der Waals surface area contributed by atoms with E-state index in [1.165, 1.54) is 0 Å². The van der Waals surface area contributed by atoms with Crippen LogP contribution in [0, 0.1) is 12.3 Å². The van der Waals surface area contributed by atoms with Crippen LogP contribution < -0.4 is 11.2 Å². The lowest BCUT2D eigenvalue weighted by Gasteiger charge is -2.29. The molecule has 0 aromatic carbocycles. The van der Waals surface area contributed by atoms with Crippen molar-refractivity contribution in [3.8, 4) is 0 Å². The smallest absolute Gasteiger partial charge is 0.332 e. The van der Waals surface area contributed by atoms with Gasteiger partial charge in [0.15, 0.2) is 5.76 Å². The van der Waals surface area contributed by atoms with Gasteiger partial charge in [-0.25, -0.2) is 10.2 Å². The number of hydrogen-bond donors (Lipinski definition) is 2. The molecule has 3 amide bonds. The lowest BCUT2D eigenvalue weighted by atomic mass is 9.75. The van der Waals surface area contributed by atoms with E-state index in [9.17, 15) is 9.59 Å². The highest BCUT2D eigenvalue weighted by Crippen LogP contribution is 2.39. The molecule has 1 fully saturated rings. The van der Waals surface area contributed by atoms with Crippen LogP contribution in [-0.2, 0) is 11.2 Å². The number of furan rings is 1. The number of nitrogens with one attached hydrogen (secondary N) is 1. The number of hydrazone groups is 1. The predicted octanol–water partition coefficient (Wildman–Crippen LogP) is 1.41. The first-order chi connectivity index (χ1) is 11.8. The normalized spacial score (nSPS) is 21.1. The zero-order chi connectivity index (χ0) is 18.2. The molecule has 0 saturated carbocycles. The van der Waals surface area contributed by atoms with Crippen LogP contribution in [0.2, 0.25) is 0 Å². The summed E-state index contributed by atoms with van der Waals surface area (Å²) in [5.41, 5.74) is 9.59. The highest BCUT2D eigenvalue weighted by atomic mass is 16.5. The summed E-state index contributed by atoms with van der Waals surface area (Å²) in [5.74, 6) is 0.946. The van der Waals surface area contributed by atoms with Gasteiger partial charge in [-0.1, -0.05) is 13.8 Å². The quantitative estimate of drug-likeness (QED) is 0.787. The highest BCUT2D eigenvalue weighted by molar-refractivity contribution is 6.07. The molecule has 0 radical (unpaired) electrons. The monoisotopic (exact) mass is 348 g/mol. The number of fused-ring (bicyclic) bond motifs is 1. The molecule has 25 heavy (non-hydrogen) atoms. The van der Waals surface area contributed by atoms with E-state index < -0.39 is 6.03 Å². The van der Waals surface area contributed by atoms with Gasteiger partial charge in [-0.2, -0.15) is 5.10 Å². The molecule has 1 aliphatic carbocycles. The van der Waals surface area contributed by atoms with E-state index in [2.05, 4.69) is 24.4 Å². The number of ether oxygens (including phenoxy) is 1. The molecular weight excluding hydrogens is 324 g/mol. The summed E-state index contributed by atoms with van der Waals surface area (Å²) in [6, 6.07) is -0.719. The fraction of sp³-hybridized carbons (Fsp3) is 0.588. The number of carbonyl (C=O) groups is 2. The second-order valence-electron chi connectivity index (χ2n) is 7.31. The third-order valence-electron chi connectivity index (χ3n) is 4.59. The molecule has 2 aliphatic rings. The van der Waals surface area contributed by atoms with Crippen LogP contribution in [0.5, 0.6) is 0 Å². The van der Waals surface area contributed by atoms with E-state index in [1.54, 1.807) is 4.90 Å². The van der Waals surface area contributed by atoms with Gasteiger partial charge in [-0.05, 0) is 18.8 Å². The van der Waals surface area contributed by atoms with Gasteiger partial charge in [0.05, 0.1) is 18.9 Å². The standard InChI is InChI=1S/C17H24N4O4/c1-10-13-11(19-20-16(18)23)8-17(2,3)9-12(13)25-14(10)15(22)21-4-6-24-7-5-21/h4-9H2,1-3H3,(H3,18,20,23)/b19-11-. The Morgan fingerprint density at radius 1 is 1.24 bits per heavy atom. The summed E-state index contributed by atoms with van der Waals surface area (Å²) >= 11 is 0. The molecule has 0 bridgehead atoms. The predicted molar refractivity (Wildman–Crippen MR) is 91.5 cm³/mol. The van der Waals surface area contributed by atoms with Crippen molar-refractivity contribution >= 4 is 17.6 Å². The Morgan fingerprint density at radius 2 is 1.92 bits per heavy atom. The Labute approximate surface area is 146 Å². The maximum Gasteiger partial charge on any atom is 0.332 e. The van der Waals surface area contributed by atoms with Crippen molar-refractivity contribution in [2.75, 3.05) is 26.3 Å². The maximum atomic E-state index is 12.8. The van der Waals surface area contributed by atoms with Gasteiger partial charge in [0.1, 0.15) is 5.76 Å². The molecular formula is C17H24N4O4. The largest absolute Gasteiger partial charge is 0.455 e. The van der Waals surface area contributed by atoms with Crippen molar-refractivity contribution < 1.29 is 18.7 Å². The Hall–Kier alpha value is -2.35. The third-order valence-corrected chi connectivity index (χ3v) is 4.59. The molecule has 2 heterocycles. The molecule has 1 aromatic heterocycles. The number of amides is 3. The number of rotatable bonds is 2. The summed E-state index contributed by atoms with van der Waals surface area (Å²) in [6.07, 6.45) is 1.36. The minimum atomic E-state index is -0.719. The molecule has 136 valence electrons. The minimum absolute atomic E-state index is 0.0886. The molecule has 0 spiro atoms. The van der Waals surface area contributed by atoms with Crippen molar-refractivity contribution in [2.45, 2.75) is 33.6 Å². The van der Waals surface area contributed by atoms with Crippen molar-refractivity contribution in [1.29, 1.82) is 0 Å². The fourth-order valence-electron chi connectivity index (χ4n) is 3.45. The number of nitrogens with two attached hydrogens (primary N) is 1. The number of hydrogen-bond acceptors (Lipinski definition) is 5. The number of urea groups is 1. The molecule has 3 N–H and O–H groups in total. The number of carbonyl (C=O) groups excluding carboxylic acids is 2. The zero-order valence-electron chi connectivity index (χ0n) is 14.8. The maximum absolute atomic E-state index is 12.8. The average molecular weight is 348 g/mol. The number of morpholine rings is 1. The van der Waals surface area contributed by atoms with E-state index in [4.69, 9.17) is 14.9 Å². The van der Waals surface area contributed by atoms with E-state index in [0.717, 1.165) is 16.9 Å². The first-order valence-corrected chi connectivity index (χ1v) is 8.40. The summed E-state index contributed by atoms with van der Waals surface area (Å²) in [5, 5.41) is 4.15. The lowest BCUT2D eigenvalue weighted by molar-refractivity contribution is 0.0280. The third kappa shape index (κ3) is 3.53. The molecule has 0 atom stereocenters. The first kappa shape index (κ1) is 17.5. The average Bonchev–Trinajstić information content (AvgIpc) is 2.88. The Morgan fingerprint density at radius 3 is 2.56 bits per heavy atom. The SMILES string of the molecule is Cc1c(C(=O)N2CCOCC2)oc2c1/C(=N\NC(N)=O)CC(C)(C)C2. The van der Waals surface area contributed by atoms with Crippen molar-refractivity contribution in [1.82, 2.24) is 10.3 Å². The van der Waals surface area contributed by atoms with Crippen LogP contribution in [0.1, 0.15) is 47.7 Å². The van der Waals surface area contributed by atoms with Crippen LogP contribution in [-0.4, -0.2) is 48.9 Å². The Bertz CT molecular complexity index is 729. The van der Waals surface area contributed by atoms with Crippen LogP contribution in [0.4, 0.5) is 4.79 Å². The van der Waals surface area contributed by atoms with E-state index in [0.29, 0.717) is 50.6 Å². The lowest BCUT2D eigenvalue weighted by Crippen LogP contribution is -2.40. The second kappa shape index (κ2) is 6.51. The van der Waals surface area contributed by atoms with Crippen LogP contribution >= 0.6 is 0 Å². The van der Waals surface area contributed by atoms with Gasteiger partial charge in [0.2, 0.25) is 0 Å². The molecule has 1 saturated heterocycles. The van der Waals surface area contributed by atoms with Gasteiger partial charge >= 0.3 is 6.03 Å². The number of nitrogens with zero attached hydrogens (tertiary/aromatic N) is 2. The molecule has 1 aromatic rings. The first-order valence-electron chi connectivity index (χ1n) is 8.40. The Kier molecular flexibility index (Phi) is 4.55. The van der Waals surface area contributed by atoms with Gasteiger partial charge in [0.25, 0.3) is 5.91 Å². The molecule has 3 rings (SSSR count). The molecule has 8 nitrogen and oxygen atoms in total. The highest BCUT2D eigenvalue weighted by Gasteiger charge is 2.37.